The van der Waals surface area contributed by atoms with Crippen LogP contribution >= 0.6 is 0 Å². The second-order valence-electron chi connectivity index (χ2n) is 4.56. The van der Waals surface area contributed by atoms with Crippen molar-refractivity contribution in [2.75, 3.05) is 21.3 Å². The summed E-state index contributed by atoms with van der Waals surface area (Å²) in [6.07, 6.45) is 4.56. The Morgan fingerprint density at radius 2 is 1.50 bits per heavy atom. The summed E-state index contributed by atoms with van der Waals surface area (Å²) in [7, 11) is 4.73. The predicted molar refractivity (Wildman–Crippen MR) is 86.9 cm³/mol. The minimum atomic E-state index is 0.490. The molecule has 0 amide bonds. The summed E-state index contributed by atoms with van der Waals surface area (Å²) >= 11 is 0. The van der Waals surface area contributed by atoms with Crippen molar-refractivity contribution in [1.82, 2.24) is 0 Å². The Morgan fingerprint density at radius 3 is 2.05 bits per heavy atom. The lowest BCUT2D eigenvalue weighted by atomic mass is 10.0. The van der Waals surface area contributed by atoms with E-state index in [1.807, 2.05) is 36.4 Å². The van der Waals surface area contributed by atoms with Crippen LogP contribution < -0.4 is 14.2 Å². The first-order chi connectivity index (χ1) is 10.7. The topological polar surface area (TPSA) is 44.8 Å². The number of hydrogen-bond donors (Lipinski definition) is 0. The fraction of sp³-hybridized carbons (Fsp3) is 0.167. The van der Waals surface area contributed by atoms with Gasteiger partial charge in [-0.15, -0.1) is 0 Å². The number of hydrogen-bond acceptors (Lipinski definition) is 4. The summed E-state index contributed by atoms with van der Waals surface area (Å²) < 4.78 is 15.6. The molecule has 0 atom stereocenters. The molecule has 2 aromatic carbocycles. The lowest BCUT2D eigenvalue weighted by molar-refractivity contribution is 0.112. The van der Waals surface area contributed by atoms with Crippen LogP contribution in [0.5, 0.6) is 17.2 Å². The zero-order chi connectivity index (χ0) is 15.9. The summed E-state index contributed by atoms with van der Waals surface area (Å²) in [6, 6.07) is 11.1. The maximum Gasteiger partial charge on any atom is 0.154 e. The molecule has 4 nitrogen and oxygen atoms in total. The van der Waals surface area contributed by atoms with Gasteiger partial charge in [0.25, 0.3) is 0 Å². The van der Waals surface area contributed by atoms with E-state index in [-0.39, 0.29) is 0 Å². The van der Waals surface area contributed by atoms with Crippen LogP contribution in [0, 0.1) is 0 Å². The van der Waals surface area contributed by atoms with Crippen molar-refractivity contribution in [1.29, 1.82) is 0 Å². The van der Waals surface area contributed by atoms with Gasteiger partial charge in [0.1, 0.15) is 17.2 Å². The Hall–Kier alpha value is -2.75. The molecule has 0 N–H and O–H groups in total. The summed E-state index contributed by atoms with van der Waals surface area (Å²) in [5.74, 6) is 1.93. The zero-order valence-electron chi connectivity index (χ0n) is 12.8. The molecule has 4 heteroatoms. The molecule has 0 bridgehead atoms. The Balaban J connectivity index is 2.37. The van der Waals surface area contributed by atoms with E-state index in [0.717, 1.165) is 23.2 Å². The number of benzene rings is 2. The maximum atomic E-state index is 11.3. The Morgan fingerprint density at radius 1 is 0.818 bits per heavy atom. The first kappa shape index (κ1) is 15.6. The van der Waals surface area contributed by atoms with Crippen molar-refractivity contribution in [2.45, 2.75) is 0 Å². The van der Waals surface area contributed by atoms with Crippen LogP contribution in [0.3, 0.4) is 0 Å². The first-order valence-corrected chi connectivity index (χ1v) is 6.75. The molecule has 0 spiro atoms. The third-order valence-electron chi connectivity index (χ3n) is 3.29. The van der Waals surface area contributed by atoms with Gasteiger partial charge in [0.2, 0.25) is 0 Å². The number of ether oxygens (including phenoxy) is 3. The highest BCUT2D eigenvalue weighted by Gasteiger charge is 2.09. The average Bonchev–Trinajstić information content (AvgIpc) is 2.59. The van der Waals surface area contributed by atoms with E-state index in [2.05, 4.69) is 0 Å². The fourth-order valence-electron chi connectivity index (χ4n) is 2.07. The van der Waals surface area contributed by atoms with Crippen LogP contribution in [0.2, 0.25) is 0 Å². The highest BCUT2D eigenvalue weighted by molar-refractivity contribution is 5.89. The van der Waals surface area contributed by atoms with Gasteiger partial charge in [-0.1, -0.05) is 24.3 Å². The Bertz CT molecular complexity index is 672. The molecule has 0 unspecified atom stereocenters. The molecule has 114 valence electrons. The maximum absolute atomic E-state index is 11.3. The number of methoxy groups -OCH3 is 3. The predicted octanol–water partition coefficient (Wildman–Crippen LogP) is 3.70. The quantitative estimate of drug-likeness (QED) is 0.602. The van der Waals surface area contributed by atoms with Crippen LogP contribution in [-0.4, -0.2) is 27.6 Å². The molecule has 0 aliphatic carbocycles. The van der Waals surface area contributed by atoms with Crippen LogP contribution in [0.1, 0.15) is 21.5 Å². The molecule has 0 aliphatic heterocycles. The minimum absolute atomic E-state index is 0.490. The lowest BCUT2D eigenvalue weighted by Gasteiger charge is -2.10. The molecular formula is C18H18O4. The van der Waals surface area contributed by atoms with Crippen molar-refractivity contribution in [3.05, 3.63) is 53.1 Å². The van der Waals surface area contributed by atoms with E-state index in [0.29, 0.717) is 17.1 Å². The van der Waals surface area contributed by atoms with E-state index >= 15 is 0 Å². The van der Waals surface area contributed by atoms with Gasteiger partial charge >= 0.3 is 0 Å². The smallest absolute Gasteiger partial charge is 0.154 e. The zero-order valence-corrected chi connectivity index (χ0v) is 12.8. The Kier molecular flexibility index (Phi) is 5.20. The van der Waals surface area contributed by atoms with E-state index in [1.165, 1.54) is 7.11 Å². The van der Waals surface area contributed by atoms with Gasteiger partial charge in [-0.3, -0.25) is 4.79 Å². The van der Waals surface area contributed by atoms with E-state index in [1.54, 1.807) is 26.4 Å². The van der Waals surface area contributed by atoms with Crippen LogP contribution in [-0.2, 0) is 0 Å². The largest absolute Gasteiger partial charge is 0.497 e. The van der Waals surface area contributed by atoms with Crippen LogP contribution in [0.15, 0.2) is 36.4 Å². The van der Waals surface area contributed by atoms with Gasteiger partial charge in [-0.25, -0.2) is 0 Å². The van der Waals surface area contributed by atoms with E-state index in [9.17, 15) is 4.79 Å². The summed E-state index contributed by atoms with van der Waals surface area (Å²) in [4.78, 5) is 11.3. The number of carbonyl (C=O) groups is 1. The van der Waals surface area contributed by atoms with Crippen LogP contribution in [0.25, 0.3) is 12.2 Å². The molecule has 0 saturated carbocycles. The SMILES string of the molecule is COc1ccc(/C=C\c2cc(OC)cc(OC)c2C=O)cc1. The van der Waals surface area contributed by atoms with E-state index in [4.69, 9.17) is 14.2 Å². The highest BCUT2D eigenvalue weighted by Crippen LogP contribution is 2.29. The molecule has 0 radical (unpaired) electrons. The average molecular weight is 298 g/mol. The van der Waals surface area contributed by atoms with Gasteiger partial charge in [0, 0.05) is 6.07 Å². The third-order valence-corrected chi connectivity index (χ3v) is 3.29. The second-order valence-corrected chi connectivity index (χ2v) is 4.56. The number of rotatable bonds is 6. The molecule has 0 heterocycles. The molecule has 2 aromatic rings. The van der Waals surface area contributed by atoms with Gasteiger partial charge < -0.3 is 14.2 Å². The minimum Gasteiger partial charge on any atom is -0.497 e. The summed E-state index contributed by atoms with van der Waals surface area (Å²) in [5, 5.41) is 0. The standard InChI is InChI=1S/C18H18O4/c1-20-15-8-5-13(6-9-15)4-7-14-10-16(21-2)11-18(22-3)17(14)12-19/h4-12H,1-3H3/b7-4-. The Labute approximate surface area is 129 Å². The summed E-state index contributed by atoms with van der Waals surface area (Å²) in [5.41, 5.74) is 2.23. The van der Waals surface area contributed by atoms with Crippen molar-refractivity contribution in [3.8, 4) is 17.2 Å². The van der Waals surface area contributed by atoms with Gasteiger partial charge in [-0.05, 0) is 29.3 Å². The third kappa shape index (κ3) is 3.47. The molecule has 0 aliphatic rings. The summed E-state index contributed by atoms with van der Waals surface area (Å²) in [6.45, 7) is 0. The lowest BCUT2D eigenvalue weighted by Crippen LogP contribution is -1.95. The normalized spacial score (nSPS) is 10.5. The monoisotopic (exact) mass is 298 g/mol. The number of aldehydes is 1. The van der Waals surface area contributed by atoms with E-state index < -0.39 is 0 Å². The van der Waals surface area contributed by atoms with Gasteiger partial charge in [0.15, 0.2) is 6.29 Å². The fourth-order valence-corrected chi connectivity index (χ4v) is 2.07. The molecular weight excluding hydrogens is 280 g/mol. The molecule has 0 saturated heterocycles. The molecule has 0 fully saturated rings. The molecule has 22 heavy (non-hydrogen) atoms. The van der Waals surface area contributed by atoms with Gasteiger partial charge in [-0.2, -0.15) is 0 Å². The highest BCUT2D eigenvalue weighted by atomic mass is 16.5. The van der Waals surface area contributed by atoms with Crippen molar-refractivity contribution < 1.29 is 19.0 Å². The van der Waals surface area contributed by atoms with Crippen molar-refractivity contribution >= 4 is 18.4 Å². The van der Waals surface area contributed by atoms with Crippen molar-refractivity contribution in [3.63, 3.8) is 0 Å². The molecule has 0 aromatic heterocycles. The van der Waals surface area contributed by atoms with Crippen molar-refractivity contribution in [2.24, 2.45) is 0 Å². The van der Waals surface area contributed by atoms with Gasteiger partial charge in [0.05, 0.1) is 26.9 Å². The first-order valence-electron chi connectivity index (χ1n) is 6.75. The molecule has 2 rings (SSSR count). The number of carbonyl (C=O) groups excluding carboxylic acids is 1. The second kappa shape index (κ2) is 7.31. The van der Waals surface area contributed by atoms with Crippen LogP contribution in [0.4, 0.5) is 0 Å².